The van der Waals surface area contributed by atoms with Crippen molar-refractivity contribution in [1.82, 2.24) is 4.98 Å². The molecular weight excluding hydrogens is 268 g/mol. The maximum absolute atomic E-state index is 11.9. The average Bonchev–Trinajstić information content (AvgIpc) is 2.39. The molecule has 1 aromatic heterocycles. The first kappa shape index (κ1) is 11.7. The molecule has 2 aromatic carbocycles. The number of nitro benzene ring substituents is 1. The maximum Gasteiger partial charge on any atom is 0.294 e. The van der Waals surface area contributed by atoms with Gasteiger partial charge in [-0.05, 0) is 17.5 Å². The second-order valence-electron chi connectivity index (χ2n) is 4.10. The zero-order valence-electron chi connectivity index (χ0n) is 9.51. The van der Waals surface area contributed by atoms with Crippen LogP contribution in [0.4, 0.5) is 5.69 Å². The maximum atomic E-state index is 11.9. The number of pyridine rings is 1. The Morgan fingerprint density at radius 1 is 1.11 bits per heavy atom. The Morgan fingerprint density at radius 3 is 2.47 bits per heavy atom. The molecule has 3 rings (SSSR count). The molecule has 0 atom stereocenters. The number of H-pyrrole nitrogens is 1. The van der Waals surface area contributed by atoms with Crippen molar-refractivity contribution in [2.75, 3.05) is 0 Å². The molecule has 0 aliphatic heterocycles. The van der Waals surface area contributed by atoms with Gasteiger partial charge in [0.25, 0.3) is 11.2 Å². The summed E-state index contributed by atoms with van der Waals surface area (Å²) in [6, 6.07) is 9.76. The second-order valence-corrected chi connectivity index (χ2v) is 4.54. The SMILES string of the molecule is O=c1[nH]c2c([N+](=O)[O-])cc(Cl)cc2c2ccccc12. The topological polar surface area (TPSA) is 76.0 Å². The number of nitrogens with zero attached hydrogens (tertiary/aromatic N) is 1. The van der Waals surface area contributed by atoms with Crippen LogP contribution in [0.25, 0.3) is 21.7 Å². The molecule has 0 radical (unpaired) electrons. The van der Waals surface area contributed by atoms with E-state index in [9.17, 15) is 14.9 Å². The molecule has 0 amide bonds. The number of hydrogen-bond acceptors (Lipinski definition) is 3. The number of hydrogen-bond donors (Lipinski definition) is 1. The van der Waals surface area contributed by atoms with Crippen LogP contribution in [-0.4, -0.2) is 9.91 Å². The van der Waals surface area contributed by atoms with Crippen molar-refractivity contribution in [1.29, 1.82) is 0 Å². The Balaban J connectivity index is 2.64. The Kier molecular flexibility index (Phi) is 2.50. The summed E-state index contributed by atoms with van der Waals surface area (Å²) < 4.78 is 0. The summed E-state index contributed by atoms with van der Waals surface area (Å²) in [4.78, 5) is 25.0. The van der Waals surface area contributed by atoms with Gasteiger partial charge in [-0.3, -0.25) is 14.9 Å². The zero-order chi connectivity index (χ0) is 13.6. The highest BCUT2D eigenvalue weighted by Crippen LogP contribution is 2.31. The fraction of sp³-hybridized carbons (Fsp3) is 0. The summed E-state index contributed by atoms with van der Waals surface area (Å²) in [6.07, 6.45) is 0. The van der Waals surface area contributed by atoms with Crippen molar-refractivity contribution in [3.05, 3.63) is 61.9 Å². The Bertz CT molecular complexity index is 886. The van der Waals surface area contributed by atoms with Crippen molar-refractivity contribution in [3.63, 3.8) is 0 Å². The quantitative estimate of drug-likeness (QED) is 0.420. The number of fused-ring (bicyclic) bond motifs is 3. The van der Waals surface area contributed by atoms with Gasteiger partial charge < -0.3 is 4.98 Å². The largest absolute Gasteiger partial charge is 0.316 e. The Labute approximate surface area is 111 Å². The van der Waals surface area contributed by atoms with Crippen molar-refractivity contribution >= 4 is 39.0 Å². The van der Waals surface area contributed by atoms with Crippen molar-refractivity contribution in [2.45, 2.75) is 0 Å². The third kappa shape index (κ3) is 1.75. The number of aromatic amines is 1. The standard InChI is InChI=1S/C13H7ClN2O3/c14-7-5-10-8-3-1-2-4-9(8)13(17)15-12(10)11(6-7)16(18)19/h1-6H,(H,15,17). The molecule has 5 nitrogen and oxygen atoms in total. The highest BCUT2D eigenvalue weighted by Gasteiger charge is 2.16. The van der Waals surface area contributed by atoms with Gasteiger partial charge in [0.2, 0.25) is 0 Å². The second kappa shape index (κ2) is 4.07. The number of rotatable bonds is 1. The van der Waals surface area contributed by atoms with Gasteiger partial charge in [0.15, 0.2) is 0 Å². The molecule has 0 aliphatic carbocycles. The first-order valence-electron chi connectivity index (χ1n) is 5.46. The lowest BCUT2D eigenvalue weighted by Crippen LogP contribution is -2.07. The van der Waals surface area contributed by atoms with Crippen LogP contribution in [0.5, 0.6) is 0 Å². The van der Waals surface area contributed by atoms with E-state index in [0.29, 0.717) is 16.2 Å². The highest BCUT2D eigenvalue weighted by molar-refractivity contribution is 6.32. The molecular formula is C13H7ClN2O3. The lowest BCUT2D eigenvalue weighted by Gasteiger charge is -2.04. The van der Waals surface area contributed by atoms with Gasteiger partial charge in [-0.1, -0.05) is 29.8 Å². The highest BCUT2D eigenvalue weighted by atomic mass is 35.5. The molecule has 1 heterocycles. The van der Waals surface area contributed by atoms with E-state index in [4.69, 9.17) is 11.6 Å². The lowest BCUT2D eigenvalue weighted by atomic mass is 10.1. The summed E-state index contributed by atoms with van der Waals surface area (Å²) >= 11 is 5.91. The number of nitrogens with one attached hydrogen (secondary N) is 1. The first-order chi connectivity index (χ1) is 9.08. The van der Waals surface area contributed by atoms with Crippen LogP contribution in [0.3, 0.4) is 0 Å². The summed E-state index contributed by atoms with van der Waals surface area (Å²) in [5.74, 6) is 0. The molecule has 0 spiro atoms. The molecule has 0 bridgehead atoms. The third-order valence-electron chi connectivity index (χ3n) is 2.98. The normalized spacial score (nSPS) is 11.0. The first-order valence-corrected chi connectivity index (χ1v) is 5.84. The molecule has 6 heteroatoms. The van der Waals surface area contributed by atoms with Gasteiger partial charge in [0.05, 0.1) is 4.92 Å². The predicted molar refractivity (Wildman–Crippen MR) is 73.7 cm³/mol. The number of halogens is 1. The molecule has 1 N–H and O–H groups in total. The summed E-state index contributed by atoms with van der Waals surface area (Å²) in [5.41, 5.74) is -0.364. The Hall–Kier alpha value is -2.40. The van der Waals surface area contributed by atoms with E-state index in [2.05, 4.69) is 4.98 Å². The minimum absolute atomic E-state index is 0.193. The molecule has 0 saturated heterocycles. The minimum Gasteiger partial charge on any atom is -0.316 e. The monoisotopic (exact) mass is 274 g/mol. The number of nitro groups is 1. The van der Waals surface area contributed by atoms with Gasteiger partial charge in [-0.2, -0.15) is 0 Å². The molecule has 94 valence electrons. The third-order valence-corrected chi connectivity index (χ3v) is 3.20. The zero-order valence-corrected chi connectivity index (χ0v) is 10.3. The molecule has 0 fully saturated rings. The molecule has 0 unspecified atom stereocenters. The molecule has 0 saturated carbocycles. The van der Waals surface area contributed by atoms with Crippen molar-refractivity contribution < 1.29 is 4.92 Å². The van der Waals surface area contributed by atoms with Crippen LogP contribution >= 0.6 is 11.6 Å². The van der Waals surface area contributed by atoms with Gasteiger partial charge in [-0.15, -0.1) is 0 Å². The van der Waals surface area contributed by atoms with Gasteiger partial charge in [-0.25, -0.2) is 0 Å². The van der Waals surface area contributed by atoms with Crippen LogP contribution in [0.2, 0.25) is 5.02 Å². The van der Waals surface area contributed by atoms with E-state index in [0.717, 1.165) is 0 Å². The molecule has 19 heavy (non-hydrogen) atoms. The Morgan fingerprint density at radius 2 is 1.79 bits per heavy atom. The van der Waals surface area contributed by atoms with Gasteiger partial charge >= 0.3 is 0 Å². The van der Waals surface area contributed by atoms with Crippen LogP contribution in [0.1, 0.15) is 0 Å². The number of benzene rings is 2. The molecule has 0 aliphatic rings. The van der Waals surface area contributed by atoms with Crippen LogP contribution in [0, 0.1) is 10.1 Å². The average molecular weight is 275 g/mol. The van der Waals surface area contributed by atoms with E-state index < -0.39 is 4.92 Å². The summed E-state index contributed by atoms with van der Waals surface area (Å²) in [5, 5.41) is 13.0. The van der Waals surface area contributed by atoms with E-state index >= 15 is 0 Å². The smallest absolute Gasteiger partial charge is 0.294 e. The minimum atomic E-state index is -0.557. The lowest BCUT2D eigenvalue weighted by molar-refractivity contribution is -0.383. The van der Waals surface area contributed by atoms with E-state index in [1.165, 1.54) is 6.07 Å². The van der Waals surface area contributed by atoms with Crippen molar-refractivity contribution in [3.8, 4) is 0 Å². The van der Waals surface area contributed by atoms with Crippen LogP contribution in [0.15, 0.2) is 41.2 Å². The van der Waals surface area contributed by atoms with Crippen LogP contribution in [-0.2, 0) is 0 Å². The number of aromatic nitrogens is 1. The van der Waals surface area contributed by atoms with Gasteiger partial charge in [0, 0.05) is 21.9 Å². The predicted octanol–water partition coefficient (Wildman–Crippen LogP) is 3.24. The van der Waals surface area contributed by atoms with E-state index in [1.54, 1.807) is 30.3 Å². The summed E-state index contributed by atoms with van der Waals surface area (Å²) in [6.45, 7) is 0. The van der Waals surface area contributed by atoms with Crippen LogP contribution < -0.4 is 5.56 Å². The van der Waals surface area contributed by atoms with Gasteiger partial charge in [0.1, 0.15) is 5.52 Å². The van der Waals surface area contributed by atoms with Crippen molar-refractivity contribution in [2.24, 2.45) is 0 Å². The van der Waals surface area contributed by atoms with E-state index in [-0.39, 0.29) is 21.8 Å². The molecule has 3 aromatic rings. The van der Waals surface area contributed by atoms with E-state index in [1.807, 2.05) is 0 Å². The fourth-order valence-corrected chi connectivity index (χ4v) is 2.39. The number of non-ortho nitro benzene ring substituents is 1. The summed E-state index contributed by atoms with van der Waals surface area (Å²) in [7, 11) is 0. The fourth-order valence-electron chi connectivity index (χ4n) is 2.18.